The van der Waals surface area contributed by atoms with E-state index in [9.17, 15) is 5.11 Å². The summed E-state index contributed by atoms with van der Waals surface area (Å²) in [4.78, 5) is 8.85. The van der Waals surface area contributed by atoms with Crippen LogP contribution in [0.5, 0.6) is 0 Å². The Labute approximate surface area is 135 Å². The standard InChI is InChI=1S/C18H18N4O/c23-18-10-13-21-15-7-2-1-6-14(15)19-11-5-12-20-16-8-3-4-9-17(16)22-18/h1-5,7-13,18,21-23H,6H2/b11-5-,13-10-,19-14+,20-12+. The van der Waals surface area contributed by atoms with Gasteiger partial charge in [-0.25, -0.2) is 0 Å². The van der Waals surface area contributed by atoms with Crippen LogP contribution in [0.2, 0.25) is 0 Å². The van der Waals surface area contributed by atoms with Gasteiger partial charge in [0.15, 0.2) is 0 Å². The van der Waals surface area contributed by atoms with E-state index in [0.717, 1.165) is 29.2 Å². The first-order chi connectivity index (χ1) is 11.3. The molecule has 5 nitrogen and oxygen atoms in total. The van der Waals surface area contributed by atoms with Gasteiger partial charge in [-0.1, -0.05) is 24.3 Å². The first-order valence-electron chi connectivity index (χ1n) is 7.43. The molecule has 0 saturated carbocycles. The fraction of sp³-hybridized carbons (Fsp3) is 0.111. The van der Waals surface area contributed by atoms with Crippen LogP contribution in [-0.4, -0.2) is 23.3 Å². The van der Waals surface area contributed by atoms with Crippen LogP contribution in [0.1, 0.15) is 6.42 Å². The highest BCUT2D eigenvalue weighted by Crippen LogP contribution is 2.24. The summed E-state index contributed by atoms with van der Waals surface area (Å²) in [5.41, 5.74) is 3.36. The summed E-state index contributed by atoms with van der Waals surface area (Å²) >= 11 is 0. The van der Waals surface area contributed by atoms with Gasteiger partial charge in [0.1, 0.15) is 6.23 Å². The Morgan fingerprint density at radius 2 is 2.09 bits per heavy atom. The molecule has 116 valence electrons. The van der Waals surface area contributed by atoms with Crippen molar-refractivity contribution >= 4 is 23.3 Å². The van der Waals surface area contributed by atoms with Crippen molar-refractivity contribution < 1.29 is 5.11 Å². The number of hydrogen-bond donors (Lipinski definition) is 3. The summed E-state index contributed by atoms with van der Waals surface area (Å²) < 4.78 is 0. The van der Waals surface area contributed by atoms with E-state index >= 15 is 0 Å². The van der Waals surface area contributed by atoms with Crippen molar-refractivity contribution in [3.05, 3.63) is 72.7 Å². The van der Waals surface area contributed by atoms with E-state index in [4.69, 9.17) is 0 Å². The number of hydrogen-bond acceptors (Lipinski definition) is 5. The van der Waals surface area contributed by atoms with E-state index in [1.54, 1.807) is 30.8 Å². The maximum absolute atomic E-state index is 10.1. The van der Waals surface area contributed by atoms with Gasteiger partial charge in [-0.3, -0.25) is 9.98 Å². The number of rotatable bonds is 0. The fourth-order valence-corrected chi connectivity index (χ4v) is 2.24. The van der Waals surface area contributed by atoms with Gasteiger partial charge >= 0.3 is 0 Å². The molecule has 1 aromatic rings. The summed E-state index contributed by atoms with van der Waals surface area (Å²) in [5.74, 6) is 0. The van der Waals surface area contributed by atoms with Crippen molar-refractivity contribution in [2.24, 2.45) is 9.98 Å². The van der Waals surface area contributed by atoms with Crippen molar-refractivity contribution in [2.75, 3.05) is 5.32 Å². The van der Waals surface area contributed by atoms with Crippen LogP contribution in [0.3, 0.4) is 0 Å². The Balaban J connectivity index is 1.92. The summed E-state index contributed by atoms with van der Waals surface area (Å²) in [6, 6.07) is 7.55. The molecule has 2 aliphatic rings. The summed E-state index contributed by atoms with van der Waals surface area (Å²) in [7, 11) is 0. The number of para-hydroxylation sites is 2. The lowest BCUT2D eigenvalue weighted by Crippen LogP contribution is -2.20. The predicted molar refractivity (Wildman–Crippen MR) is 94.9 cm³/mol. The molecular weight excluding hydrogens is 288 g/mol. The van der Waals surface area contributed by atoms with Crippen LogP contribution < -0.4 is 10.6 Å². The third kappa shape index (κ3) is 4.05. The minimum Gasteiger partial charge on any atom is -0.370 e. The number of aliphatic hydroxyl groups excluding tert-OH is 1. The van der Waals surface area contributed by atoms with E-state index in [0.29, 0.717) is 0 Å². The molecule has 0 aromatic heterocycles. The van der Waals surface area contributed by atoms with Gasteiger partial charge in [0.25, 0.3) is 0 Å². The molecule has 1 atom stereocenters. The Morgan fingerprint density at radius 3 is 3.04 bits per heavy atom. The molecule has 0 spiro atoms. The molecule has 0 fully saturated rings. The summed E-state index contributed by atoms with van der Waals surface area (Å²) in [6.07, 6.45) is 14.5. The average Bonchev–Trinajstić information content (AvgIpc) is 2.57. The molecule has 1 aromatic carbocycles. The van der Waals surface area contributed by atoms with Crippen LogP contribution in [-0.2, 0) is 0 Å². The quantitative estimate of drug-likeness (QED) is 0.690. The maximum Gasteiger partial charge on any atom is 0.145 e. The van der Waals surface area contributed by atoms with Crippen LogP contribution >= 0.6 is 0 Å². The number of nitrogens with zero attached hydrogens (tertiary/aromatic N) is 2. The van der Waals surface area contributed by atoms with E-state index in [2.05, 4.69) is 20.6 Å². The normalized spacial score (nSPS) is 26.7. The maximum atomic E-state index is 10.1. The second-order valence-corrected chi connectivity index (χ2v) is 5.02. The van der Waals surface area contributed by atoms with Crippen molar-refractivity contribution in [2.45, 2.75) is 12.6 Å². The molecule has 23 heavy (non-hydrogen) atoms. The SMILES string of the molecule is OC1/C=C\NC2=CC=CC\C2=N/C=C\C=N\c2ccccc2N1. The van der Waals surface area contributed by atoms with E-state index in [1.807, 2.05) is 42.5 Å². The molecule has 1 heterocycles. The molecule has 1 aliphatic carbocycles. The monoisotopic (exact) mass is 306 g/mol. The van der Waals surface area contributed by atoms with Crippen molar-refractivity contribution in [3.63, 3.8) is 0 Å². The zero-order chi connectivity index (χ0) is 15.9. The molecule has 0 radical (unpaired) electrons. The second kappa shape index (κ2) is 7.38. The van der Waals surface area contributed by atoms with Gasteiger partial charge < -0.3 is 15.7 Å². The topological polar surface area (TPSA) is 69.0 Å². The first-order valence-corrected chi connectivity index (χ1v) is 7.43. The highest BCUT2D eigenvalue weighted by molar-refractivity contribution is 6.02. The number of nitrogens with one attached hydrogen (secondary N) is 2. The average molecular weight is 306 g/mol. The zero-order valence-corrected chi connectivity index (χ0v) is 12.6. The number of fused-ring (bicyclic) bond motifs is 2. The van der Waals surface area contributed by atoms with E-state index in [-0.39, 0.29) is 0 Å². The molecule has 0 amide bonds. The minimum absolute atomic E-state index is 0.753. The van der Waals surface area contributed by atoms with Crippen LogP contribution in [0, 0.1) is 0 Å². The largest absolute Gasteiger partial charge is 0.370 e. The van der Waals surface area contributed by atoms with Gasteiger partial charge in [-0.15, -0.1) is 0 Å². The van der Waals surface area contributed by atoms with Gasteiger partial charge in [-0.2, -0.15) is 0 Å². The van der Waals surface area contributed by atoms with Gasteiger partial charge in [0.05, 0.1) is 22.8 Å². The van der Waals surface area contributed by atoms with Gasteiger partial charge in [-0.05, 0) is 30.4 Å². The van der Waals surface area contributed by atoms with Crippen molar-refractivity contribution in [3.8, 4) is 0 Å². The lowest BCUT2D eigenvalue weighted by Gasteiger charge is -2.14. The molecule has 0 bridgehead atoms. The van der Waals surface area contributed by atoms with E-state index < -0.39 is 6.23 Å². The van der Waals surface area contributed by atoms with Gasteiger partial charge in [0, 0.05) is 25.0 Å². The smallest absolute Gasteiger partial charge is 0.145 e. The third-order valence-corrected chi connectivity index (χ3v) is 3.36. The molecule has 5 heteroatoms. The highest BCUT2D eigenvalue weighted by Gasteiger charge is 2.07. The molecule has 1 aliphatic heterocycles. The zero-order valence-electron chi connectivity index (χ0n) is 12.6. The summed E-state index contributed by atoms with van der Waals surface area (Å²) in [5, 5.41) is 16.3. The van der Waals surface area contributed by atoms with Crippen LogP contribution in [0.25, 0.3) is 0 Å². The third-order valence-electron chi connectivity index (χ3n) is 3.36. The Hall–Kier alpha value is -2.92. The fourth-order valence-electron chi connectivity index (χ4n) is 2.24. The van der Waals surface area contributed by atoms with Crippen molar-refractivity contribution in [1.29, 1.82) is 0 Å². The van der Waals surface area contributed by atoms with E-state index in [1.165, 1.54) is 0 Å². The molecule has 3 rings (SSSR count). The Kier molecular flexibility index (Phi) is 4.81. The lowest BCUT2D eigenvalue weighted by molar-refractivity contribution is 0.252. The predicted octanol–water partition coefficient (Wildman–Crippen LogP) is 3.03. The number of anilines is 1. The number of benzene rings is 1. The first kappa shape index (κ1) is 15.0. The molecule has 3 N–H and O–H groups in total. The summed E-state index contributed by atoms with van der Waals surface area (Å²) in [6.45, 7) is 0. The van der Waals surface area contributed by atoms with Crippen molar-refractivity contribution in [1.82, 2.24) is 5.32 Å². The lowest BCUT2D eigenvalue weighted by atomic mass is 10.1. The number of aliphatic hydroxyl groups is 1. The molecular formula is C18H18N4O. The number of allylic oxidation sites excluding steroid dienone is 5. The highest BCUT2D eigenvalue weighted by atomic mass is 16.3. The molecule has 0 saturated heterocycles. The van der Waals surface area contributed by atoms with Crippen LogP contribution in [0.15, 0.2) is 82.7 Å². The molecule has 1 unspecified atom stereocenters. The Bertz CT molecular complexity index is 741. The van der Waals surface area contributed by atoms with Crippen LogP contribution in [0.4, 0.5) is 11.4 Å². The minimum atomic E-state index is -0.822. The Morgan fingerprint density at radius 1 is 1.17 bits per heavy atom. The van der Waals surface area contributed by atoms with Gasteiger partial charge in [0.2, 0.25) is 0 Å². The number of aliphatic imine (C=N–C) groups is 2. The second-order valence-electron chi connectivity index (χ2n) is 5.02.